The second kappa shape index (κ2) is 13.5. The van der Waals surface area contributed by atoms with Crippen molar-refractivity contribution in [2.24, 2.45) is 0 Å². The van der Waals surface area contributed by atoms with Gasteiger partial charge in [0.05, 0.1) is 42.7 Å². The second-order valence-corrected chi connectivity index (χ2v) is 13.2. The number of phenolic OH excluding ortho intramolecular Hbond substituents is 1. The van der Waals surface area contributed by atoms with Gasteiger partial charge in [-0.3, -0.25) is 9.80 Å². The number of methoxy groups -OCH3 is 6. The number of aromatic hydroxyl groups is 1. The quantitative estimate of drug-likeness (QED) is 0.194. The summed E-state index contributed by atoms with van der Waals surface area (Å²) in [6, 6.07) is 14.1. The number of phenols is 1. The van der Waals surface area contributed by atoms with Crippen molar-refractivity contribution in [1.82, 2.24) is 9.80 Å². The van der Waals surface area contributed by atoms with Crippen molar-refractivity contribution in [2.45, 2.75) is 37.8 Å². The van der Waals surface area contributed by atoms with Crippen molar-refractivity contribution >= 4 is 0 Å². The molecular weight excluding hydrogens is 636 g/mol. The van der Waals surface area contributed by atoms with E-state index < -0.39 is 0 Å². The summed E-state index contributed by atoms with van der Waals surface area (Å²) in [6.45, 7) is 1.83. The Labute approximate surface area is 294 Å². The number of likely N-dealkylation sites (N-methyl/N-ethyl adjacent to an activating group) is 2. The van der Waals surface area contributed by atoms with Crippen LogP contribution < -0.4 is 33.2 Å². The Balaban J connectivity index is 1.34. The summed E-state index contributed by atoms with van der Waals surface area (Å²) in [4.78, 5) is 4.75. The van der Waals surface area contributed by atoms with E-state index in [4.69, 9.17) is 33.2 Å². The van der Waals surface area contributed by atoms with Crippen LogP contribution in [0.15, 0.2) is 42.5 Å². The van der Waals surface area contributed by atoms with Gasteiger partial charge in [0, 0.05) is 36.3 Å². The fraction of sp³-hybridized carbons (Fsp3) is 0.400. The van der Waals surface area contributed by atoms with Gasteiger partial charge in [-0.05, 0) is 110 Å². The van der Waals surface area contributed by atoms with E-state index in [1.165, 1.54) is 22.3 Å². The molecule has 0 bridgehead atoms. The van der Waals surface area contributed by atoms with Gasteiger partial charge < -0.3 is 38.3 Å². The fourth-order valence-corrected chi connectivity index (χ4v) is 8.10. The van der Waals surface area contributed by atoms with Crippen LogP contribution in [0.3, 0.4) is 0 Å². The molecule has 0 radical (unpaired) electrons. The van der Waals surface area contributed by atoms with Crippen molar-refractivity contribution in [1.29, 1.82) is 0 Å². The molecule has 10 nitrogen and oxygen atoms in total. The molecule has 0 amide bonds. The zero-order chi connectivity index (χ0) is 35.3. The van der Waals surface area contributed by atoms with Crippen molar-refractivity contribution in [3.05, 3.63) is 75.8 Å². The molecule has 4 aromatic carbocycles. The van der Waals surface area contributed by atoms with Crippen molar-refractivity contribution in [2.75, 3.05) is 69.8 Å². The van der Waals surface area contributed by atoms with Crippen LogP contribution in [0.5, 0.6) is 51.7 Å². The van der Waals surface area contributed by atoms with E-state index in [9.17, 15) is 5.11 Å². The lowest BCUT2D eigenvalue weighted by Gasteiger charge is -2.40. The predicted molar refractivity (Wildman–Crippen MR) is 191 cm³/mol. The van der Waals surface area contributed by atoms with Crippen LogP contribution in [0.2, 0.25) is 0 Å². The maximum Gasteiger partial charge on any atom is 0.203 e. The molecule has 1 N–H and O–H groups in total. The summed E-state index contributed by atoms with van der Waals surface area (Å²) in [7, 11) is 14.2. The third-order valence-corrected chi connectivity index (χ3v) is 10.7. The first-order valence-corrected chi connectivity index (χ1v) is 17.0. The molecule has 0 aromatic heterocycles. The van der Waals surface area contributed by atoms with Gasteiger partial charge in [0.1, 0.15) is 0 Å². The lowest BCUT2D eigenvalue weighted by atomic mass is 9.76. The van der Waals surface area contributed by atoms with Gasteiger partial charge in [0.25, 0.3) is 0 Å². The summed E-state index contributed by atoms with van der Waals surface area (Å²) in [6.07, 6.45) is 3.22. The van der Waals surface area contributed by atoms with Crippen molar-refractivity contribution in [3.63, 3.8) is 0 Å². The first-order chi connectivity index (χ1) is 24.2. The molecule has 0 fully saturated rings. The molecule has 2 atom stereocenters. The standard InChI is InChI=1S/C40H46N2O8/c1-41-13-11-22-17-31(44-3)32(45-4)20-26(22)28(41)15-24-9-10-30(43)39(48-7)38(24)50-34-19-25-16-29-36-23(12-14-42(29)2)18-35(47-6)40(49-8)37(36)27(25)21-33(34)46-5/h9-10,17-21,28-29,43H,11-16H2,1-8H3/t28-,29-/m0/s1. The minimum Gasteiger partial charge on any atom is -0.504 e. The molecule has 0 unspecified atom stereocenters. The highest BCUT2D eigenvalue weighted by Crippen LogP contribution is 2.55. The van der Waals surface area contributed by atoms with Gasteiger partial charge in [-0.15, -0.1) is 0 Å². The highest BCUT2D eigenvalue weighted by Gasteiger charge is 2.37. The molecule has 1 aliphatic carbocycles. The molecular formula is C40H46N2O8. The van der Waals surface area contributed by atoms with Crippen LogP contribution in [0.4, 0.5) is 0 Å². The Kier molecular flexibility index (Phi) is 9.09. The monoisotopic (exact) mass is 682 g/mol. The number of benzene rings is 4. The number of rotatable bonds is 10. The van der Waals surface area contributed by atoms with Gasteiger partial charge in [-0.25, -0.2) is 0 Å². The first kappa shape index (κ1) is 33.7. The molecule has 3 aliphatic rings. The van der Waals surface area contributed by atoms with E-state index in [1.807, 2.05) is 12.1 Å². The largest absolute Gasteiger partial charge is 0.504 e. The molecule has 264 valence electrons. The molecule has 0 saturated heterocycles. The summed E-state index contributed by atoms with van der Waals surface area (Å²) in [5.74, 6) is 4.63. The van der Waals surface area contributed by atoms with Crippen LogP contribution in [0.1, 0.15) is 45.5 Å². The van der Waals surface area contributed by atoms with Crippen LogP contribution in [0, 0.1) is 0 Å². The van der Waals surface area contributed by atoms with Gasteiger partial charge >= 0.3 is 0 Å². The third-order valence-electron chi connectivity index (χ3n) is 10.7. The van der Waals surface area contributed by atoms with E-state index in [-0.39, 0.29) is 23.6 Å². The van der Waals surface area contributed by atoms with E-state index in [2.05, 4.69) is 48.2 Å². The minimum atomic E-state index is -0.00546. The smallest absolute Gasteiger partial charge is 0.203 e. The predicted octanol–water partition coefficient (Wildman–Crippen LogP) is 6.76. The molecule has 7 rings (SSSR count). The summed E-state index contributed by atoms with van der Waals surface area (Å²) < 4.78 is 41.8. The Hall–Kier alpha value is -4.80. The second-order valence-electron chi connectivity index (χ2n) is 13.2. The Morgan fingerprint density at radius 2 is 1.26 bits per heavy atom. The molecule has 0 spiro atoms. The number of hydrogen-bond donors (Lipinski definition) is 1. The molecule has 0 saturated carbocycles. The van der Waals surface area contributed by atoms with Gasteiger partial charge in [-0.2, -0.15) is 0 Å². The van der Waals surface area contributed by atoms with Crippen LogP contribution >= 0.6 is 0 Å². The zero-order valence-corrected chi connectivity index (χ0v) is 30.1. The Morgan fingerprint density at radius 3 is 1.96 bits per heavy atom. The maximum absolute atomic E-state index is 11.0. The van der Waals surface area contributed by atoms with Crippen molar-refractivity contribution < 1.29 is 38.3 Å². The van der Waals surface area contributed by atoms with E-state index in [0.717, 1.165) is 66.1 Å². The number of hydrogen-bond acceptors (Lipinski definition) is 10. The maximum atomic E-state index is 11.0. The van der Waals surface area contributed by atoms with Crippen molar-refractivity contribution in [3.8, 4) is 62.9 Å². The summed E-state index contributed by atoms with van der Waals surface area (Å²) in [5, 5.41) is 11.0. The van der Waals surface area contributed by atoms with Gasteiger partial charge in [0.2, 0.25) is 5.75 Å². The van der Waals surface area contributed by atoms with Gasteiger partial charge in [-0.1, -0.05) is 6.07 Å². The number of nitrogens with zero attached hydrogens (tertiary/aromatic N) is 2. The summed E-state index contributed by atoms with van der Waals surface area (Å²) >= 11 is 0. The molecule has 2 aliphatic heterocycles. The third kappa shape index (κ3) is 5.51. The SMILES string of the molecule is COc1cc2c(cc1OC)[C@H](Cc1ccc(O)c(OC)c1Oc1cc3c(cc1OC)-c1c(OC)c(OC)cc4c1[C@H](C3)N(C)CC4)N(C)CC2. The van der Waals surface area contributed by atoms with Crippen LogP contribution in [-0.4, -0.2) is 84.7 Å². The highest BCUT2D eigenvalue weighted by molar-refractivity contribution is 5.85. The van der Waals surface area contributed by atoms with E-state index in [0.29, 0.717) is 35.2 Å². The average molecular weight is 683 g/mol. The molecule has 50 heavy (non-hydrogen) atoms. The lowest BCUT2D eigenvalue weighted by molar-refractivity contribution is 0.225. The summed E-state index contributed by atoms with van der Waals surface area (Å²) in [5.41, 5.74) is 9.00. The molecule has 2 heterocycles. The number of fused-ring (bicyclic) bond motifs is 3. The Morgan fingerprint density at radius 1 is 0.640 bits per heavy atom. The first-order valence-electron chi connectivity index (χ1n) is 17.0. The molecule has 4 aromatic rings. The number of ether oxygens (including phenoxy) is 7. The highest BCUT2D eigenvalue weighted by atomic mass is 16.5. The van der Waals surface area contributed by atoms with E-state index in [1.54, 1.807) is 48.7 Å². The lowest BCUT2D eigenvalue weighted by Crippen LogP contribution is -2.35. The van der Waals surface area contributed by atoms with E-state index >= 15 is 0 Å². The van der Waals surface area contributed by atoms with Crippen LogP contribution in [0.25, 0.3) is 11.1 Å². The minimum absolute atomic E-state index is 0.00546. The van der Waals surface area contributed by atoms with Gasteiger partial charge in [0.15, 0.2) is 46.0 Å². The molecule has 10 heteroatoms. The van der Waals surface area contributed by atoms with Crippen LogP contribution in [-0.2, 0) is 25.7 Å². The topological polar surface area (TPSA) is 91.3 Å². The Bertz CT molecular complexity index is 1940. The average Bonchev–Trinajstić information content (AvgIpc) is 3.13. The fourth-order valence-electron chi connectivity index (χ4n) is 8.10. The normalized spacial score (nSPS) is 18.0. The zero-order valence-electron chi connectivity index (χ0n) is 30.1.